The molecule has 14 heavy (non-hydrogen) atoms. The van der Waals surface area contributed by atoms with Gasteiger partial charge in [-0.15, -0.1) is 0 Å². The average molecular weight is 196 g/mol. The number of hydrogen-bond acceptors (Lipinski definition) is 5. The van der Waals surface area contributed by atoms with Gasteiger partial charge < -0.3 is 21.9 Å². The predicted octanol–water partition coefficient (Wildman–Crippen LogP) is 1.01. The van der Waals surface area contributed by atoms with E-state index in [-0.39, 0.29) is 5.82 Å². The number of rotatable bonds is 4. The van der Waals surface area contributed by atoms with E-state index in [4.69, 9.17) is 21.9 Å². The summed E-state index contributed by atoms with van der Waals surface area (Å²) in [4.78, 5) is 3.81. The first-order chi connectivity index (χ1) is 6.65. The smallest absolute Gasteiger partial charge is 0.152 e. The molecule has 78 valence electrons. The zero-order chi connectivity index (χ0) is 10.6. The highest BCUT2D eigenvalue weighted by atomic mass is 16.5. The van der Waals surface area contributed by atoms with E-state index in [9.17, 15) is 0 Å². The van der Waals surface area contributed by atoms with E-state index in [1.165, 1.54) is 0 Å². The normalized spacial score (nSPS) is 10.1. The molecule has 0 saturated carbocycles. The van der Waals surface area contributed by atoms with E-state index in [0.717, 1.165) is 12.8 Å². The Morgan fingerprint density at radius 2 is 2.07 bits per heavy atom. The molecule has 0 aliphatic rings. The molecule has 5 nitrogen and oxygen atoms in total. The van der Waals surface area contributed by atoms with E-state index >= 15 is 0 Å². The van der Waals surface area contributed by atoms with Crippen LogP contribution in [0.5, 0.6) is 5.75 Å². The van der Waals surface area contributed by atoms with E-state index in [0.29, 0.717) is 23.9 Å². The molecule has 0 saturated heterocycles. The number of nitrogen functional groups attached to an aromatic ring is 3. The highest BCUT2D eigenvalue weighted by Gasteiger charge is 2.06. The lowest BCUT2D eigenvalue weighted by molar-refractivity contribution is 0.311. The van der Waals surface area contributed by atoms with Crippen molar-refractivity contribution in [2.75, 3.05) is 23.8 Å². The van der Waals surface area contributed by atoms with Crippen molar-refractivity contribution in [3.8, 4) is 5.75 Å². The summed E-state index contributed by atoms with van der Waals surface area (Å²) >= 11 is 0. The van der Waals surface area contributed by atoms with Gasteiger partial charge in [0.1, 0.15) is 17.3 Å². The molecule has 1 aromatic rings. The number of pyridine rings is 1. The third-order valence-electron chi connectivity index (χ3n) is 1.83. The molecule has 0 aromatic carbocycles. The number of anilines is 3. The second-order valence-corrected chi connectivity index (χ2v) is 3.05. The van der Waals surface area contributed by atoms with Gasteiger partial charge in [0.15, 0.2) is 5.82 Å². The lowest BCUT2D eigenvalue weighted by Gasteiger charge is -2.10. The number of unbranched alkanes of at least 4 members (excludes halogenated alkanes) is 1. The van der Waals surface area contributed by atoms with Crippen molar-refractivity contribution < 1.29 is 4.74 Å². The van der Waals surface area contributed by atoms with Crippen molar-refractivity contribution in [2.24, 2.45) is 0 Å². The molecule has 0 radical (unpaired) electrons. The Morgan fingerprint density at radius 1 is 1.36 bits per heavy atom. The molecule has 1 aromatic heterocycles. The first kappa shape index (κ1) is 10.4. The Bertz CT molecular complexity index is 314. The Kier molecular flexibility index (Phi) is 3.39. The maximum atomic E-state index is 5.67. The molecule has 6 N–H and O–H groups in total. The third-order valence-corrected chi connectivity index (χ3v) is 1.83. The van der Waals surface area contributed by atoms with Crippen LogP contribution in [0.2, 0.25) is 0 Å². The molecule has 0 bridgehead atoms. The van der Waals surface area contributed by atoms with Crippen LogP contribution in [0.15, 0.2) is 6.07 Å². The Labute approximate surface area is 83.2 Å². The Hall–Kier alpha value is -1.65. The van der Waals surface area contributed by atoms with Crippen LogP contribution < -0.4 is 21.9 Å². The standard InChI is InChI=1S/C9H16N4O/c1-2-3-4-14-6-5-7(10)13-9(12)8(6)11/h5H,2-4,11H2,1H3,(H4,10,12,13). The molecular weight excluding hydrogens is 180 g/mol. The predicted molar refractivity (Wildman–Crippen MR) is 57.9 cm³/mol. The minimum atomic E-state index is 0.219. The summed E-state index contributed by atoms with van der Waals surface area (Å²) in [6.07, 6.45) is 2.04. The zero-order valence-corrected chi connectivity index (χ0v) is 8.29. The van der Waals surface area contributed by atoms with Crippen molar-refractivity contribution in [3.05, 3.63) is 6.07 Å². The van der Waals surface area contributed by atoms with Gasteiger partial charge in [0.25, 0.3) is 0 Å². The van der Waals surface area contributed by atoms with Crippen LogP contribution in [0.1, 0.15) is 19.8 Å². The summed E-state index contributed by atoms with van der Waals surface area (Å²) in [5.74, 6) is 1.06. The lowest BCUT2D eigenvalue weighted by Crippen LogP contribution is -2.06. The molecule has 0 amide bonds. The minimum absolute atomic E-state index is 0.219. The van der Waals surface area contributed by atoms with E-state index in [1.54, 1.807) is 6.07 Å². The van der Waals surface area contributed by atoms with Gasteiger partial charge in [-0.25, -0.2) is 4.98 Å². The molecule has 0 spiro atoms. The number of aromatic nitrogens is 1. The fourth-order valence-corrected chi connectivity index (χ4v) is 1.02. The Balaban J connectivity index is 2.75. The molecule has 0 aliphatic heterocycles. The summed E-state index contributed by atoms with van der Waals surface area (Å²) < 4.78 is 5.41. The molecule has 0 atom stereocenters. The van der Waals surface area contributed by atoms with Gasteiger partial charge in [0.2, 0.25) is 0 Å². The van der Waals surface area contributed by atoms with Gasteiger partial charge in [0.05, 0.1) is 6.61 Å². The SMILES string of the molecule is CCCCOc1cc(N)nc(N)c1N. The summed E-state index contributed by atoms with van der Waals surface area (Å²) in [5.41, 5.74) is 17.1. The highest BCUT2D eigenvalue weighted by Crippen LogP contribution is 2.27. The van der Waals surface area contributed by atoms with E-state index < -0.39 is 0 Å². The fraction of sp³-hybridized carbons (Fsp3) is 0.444. The molecule has 0 unspecified atom stereocenters. The first-order valence-electron chi connectivity index (χ1n) is 4.59. The van der Waals surface area contributed by atoms with Crippen LogP contribution in [-0.2, 0) is 0 Å². The molecule has 1 rings (SSSR count). The molecule has 5 heteroatoms. The monoisotopic (exact) mass is 196 g/mol. The number of hydrogen-bond donors (Lipinski definition) is 3. The second kappa shape index (κ2) is 4.55. The van der Waals surface area contributed by atoms with Gasteiger partial charge in [-0.05, 0) is 6.42 Å². The second-order valence-electron chi connectivity index (χ2n) is 3.05. The first-order valence-corrected chi connectivity index (χ1v) is 4.59. The minimum Gasteiger partial charge on any atom is -0.491 e. The van der Waals surface area contributed by atoms with Crippen molar-refractivity contribution in [2.45, 2.75) is 19.8 Å². The quantitative estimate of drug-likeness (QED) is 0.624. The maximum Gasteiger partial charge on any atom is 0.152 e. The topological polar surface area (TPSA) is 100 Å². The van der Waals surface area contributed by atoms with Crippen molar-refractivity contribution in [3.63, 3.8) is 0 Å². The largest absolute Gasteiger partial charge is 0.491 e. The molecular formula is C9H16N4O. The number of ether oxygens (including phenoxy) is 1. The van der Waals surface area contributed by atoms with Crippen LogP contribution in [-0.4, -0.2) is 11.6 Å². The van der Waals surface area contributed by atoms with Gasteiger partial charge in [-0.1, -0.05) is 13.3 Å². The summed E-state index contributed by atoms with van der Waals surface area (Å²) in [7, 11) is 0. The fourth-order valence-electron chi connectivity index (χ4n) is 1.02. The van der Waals surface area contributed by atoms with Crippen LogP contribution in [0.25, 0.3) is 0 Å². The van der Waals surface area contributed by atoms with Crippen LogP contribution >= 0.6 is 0 Å². The van der Waals surface area contributed by atoms with Crippen LogP contribution in [0, 0.1) is 0 Å². The van der Waals surface area contributed by atoms with Crippen molar-refractivity contribution in [1.82, 2.24) is 4.98 Å². The summed E-state index contributed by atoms with van der Waals surface area (Å²) in [6.45, 7) is 2.70. The van der Waals surface area contributed by atoms with Gasteiger partial charge in [0, 0.05) is 6.07 Å². The van der Waals surface area contributed by atoms with Crippen LogP contribution in [0.3, 0.4) is 0 Å². The Morgan fingerprint density at radius 3 is 2.71 bits per heavy atom. The molecule has 0 fully saturated rings. The molecule has 1 heterocycles. The van der Waals surface area contributed by atoms with E-state index in [2.05, 4.69) is 11.9 Å². The number of nitrogens with two attached hydrogens (primary N) is 3. The summed E-state index contributed by atoms with van der Waals surface area (Å²) in [5, 5.41) is 0. The van der Waals surface area contributed by atoms with Gasteiger partial charge in [-0.3, -0.25) is 0 Å². The van der Waals surface area contributed by atoms with Gasteiger partial charge >= 0.3 is 0 Å². The van der Waals surface area contributed by atoms with Crippen LogP contribution in [0.4, 0.5) is 17.3 Å². The maximum absolute atomic E-state index is 5.67. The number of nitrogens with zero attached hydrogens (tertiary/aromatic N) is 1. The average Bonchev–Trinajstić information content (AvgIpc) is 2.13. The van der Waals surface area contributed by atoms with E-state index in [1.807, 2.05) is 0 Å². The van der Waals surface area contributed by atoms with Crippen molar-refractivity contribution >= 4 is 17.3 Å². The zero-order valence-electron chi connectivity index (χ0n) is 8.29. The summed E-state index contributed by atoms with van der Waals surface area (Å²) in [6, 6.07) is 1.58. The third kappa shape index (κ3) is 2.42. The highest BCUT2D eigenvalue weighted by molar-refractivity contribution is 5.69. The lowest BCUT2D eigenvalue weighted by atomic mass is 10.3. The van der Waals surface area contributed by atoms with Crippen molar-refractivity contribution in [1.29, 1.82) is 0 Å². The van der Waals surface area contributed by atoms with Gasteiger partial charge in [-0.2, -0.15) is 0 Å². The molecule has 0 aliphatic carbocycles.